The number of ether oxygens (including phenoxy) is 1. The van der Waals surface area contributed by atoms with Gasteiger partial charge in [0.15, 0.2) is 6.61 Å². The van der Waals surface area contributed by atoms with Crippen LogP contribution in [-0.2, 0) is 19.1 Å². The van der Waals surface area contributed by atoms with Crippen LogP contribution in [0.1, 0.15) is 24.8 Å². The molecule has 1 heterocycles. The van der Waals surface area contributed by atoms with E-state index in [-0.39, 0.29) is 5.82 Å². The smallest absolute Gasteiger partial charge is 0.331 e. The highest BCUT2D eigenvalue weighted by Gasteiger charge is 2.30. The van der Waals surface area contributed by atoms with Crippen molar-refractivity contribution >= 4 is 23.9 Å². The quantitative estimate of drug-likeness (QED) is 0.648. The maximum Gasteiger partial charge on any atom is 0.331 e. The van der Waals surface area contributed by atoms with Gasteiger partial charge in [0.05, 0.1) is 0 Å². The maximum absolute atomic E-state index is 12.8. The van der Waals surface area contributed by atoms with Gasteiger partial charge in [-0.15, -0.1) is 0 Å². The SMILES string of the molecule is NC(=O)[C@H]1CCCCN1C(=O)COC(=O)/C=C/c1ccc(F)cc1. The molecule has 0 spiro atoms. The molecule has 0 radical (unpaired) electrons. The molecule has 1 aliphatic heterocycles. The number of esters is 1. The number of carbonyl (C=O) groups is 3. The van der Waals surface area contributed by atoms with Gasteiger partial charge < -0.3 is 15.4 Å². The molecule has 0 unspecified atom stereocenters. The summed E-state index contributed by atoms with van der Waals surface area (Å²) in [4.78, 5) is 36.5. The normalized spacial score (nSPS) is 17.7. The zero-order valence-electron chi connectivity index (χ0n) is 13.1. The van der Waals surface area contributed by atoms with Crippen LogP contribution in [0.25, 0.3) is 6.08 Å². The third-order valence-electron chi connectivity index (χ3n) is 3.77. The fourth-order valence-electron chi connectivity index (χ4n) is 2.53. The second-order valence-electron chi connectivity index (χ2n) is 5.49. The van der Waals surface area contributed by atoms with E-state index < -0.39 is 30.4 Å². The lowest BCUT2D eigenvalue weighted by Crippen LogP contribution is -2.51. The van der Waals surface area contributed by atoms with E-state index in [0.29, 0.717) is 18.5 Å². The third kappa shape index (κ3) is 4.91. The van der Waals surface area contributed by atoms with E-state index in [2.05, 4.69) is 0 Å². The molecule has 0 saturated carbocycles. The zero-order valence-corrected chi connectivity index (χ0v) is 13.1. The average molecular weight is 334 g/mol. The van der Waals surface area contributed by atoms with Crippen molar-refractivity contribution in [2.45, 2.75) is 25.3 Å². The fourth-order valence-corrected chi connectivity index (χ4v) is 2.53. The summed E-state index contributed by atoms with van der Waals surface area (Å²) in [5.41, 5.74) is 5.92. The zero-order chi connectivity index (χ0) is 17.5. The van der Waals surface area contributed by atoms with Gasteiger partial charge in [0.25, 0.3) is 5.91 Å². The van der Waals surface area contributed by atoms with Crippen molar-refractivity contribution in [3.05, 3.63) is 41.7 Å². The summed E-state index contributed by atoms with van der Waals surface area (Å²) in [6.45, 7) is -0.0220. The average Bonchev–Trinajstić information content (AvgIpc) is 2.59. The second kappa shape index (κ2) is 8.24. The highest BCUT2D eigenvalue weighted by atomic mass is 19.1. The molecule has 0 bridgehead atoms. The Labute approximate surface area is 139 Å². The number of halogens is 1. The van der Waals surface area contributed by atoms with E-state index in [4.69, 9.17) is 10.5 Å². The predicted octanol–water partition coefficient (Wildman–Crippen LogP) is 1.25. The number of amides is 2. The van der Waals surface area contributed by atoms with Crippen LogP contribution < -0.4 is 5.73 Å². The van der Waals surface area contributed by atoms with E-state index in [0.717, 1.165) is 18.9 Å². The van der Waals surface area contributed by atoms with Crippen LogP contribution in [0.5, 0.6) is 0 Å². The van der Waals surface area contributed by atoms with Gasteiger partial charge in [0.1, 0.15) is 11.9 Å². The molecule has 2 N–H and O–H groups in total. The molecule has 1 aromatic rings. The number of benzene rings is 1. The number of hydrogen-bond acceptors (Lipinski definition) is 4. The highest BCUT2D eigenvalue weighted by molar-refractivity contribution is 5.91. The Hall–Kier alpha value is -2.70. The third-order valence-corrected chi connectivity index (χ3v) is 3.77. The number of primary amides is 1. The number of likely N-dealkylation sites (tertiary alicyclic amines) is 1. The van der Waals surface area contributed by atoms with E-state index in [1.807, 2.05) is 0 Å². The summed E-state index contributed by atoms with van der Waals surface area (Å²) in [5.74, 6) is -2.06. The summed E-state index contributed by atoms with van der Waals surface area (Å²) < 4.78 is 17.7. The summed E-state index contributed by atoms with van der Waals surface area (Å²) in [5, 5.41) is 0. The molecule has 24 heavy (non-hydrogen) atoms. The van der Waals surface area contributed by atoms with Crippen molar-refractivity contribution in [3.8, 4) is 0 Å². The molecule has 1 aromatic carbocycles. The topological polar surface area (TPSA) is 89.7 Å². The van der Waals surface area contributed by atoms with E-state index >= 15 is 0 Å². The summed E-state index contributed by atoms with van der Waals surface area (Å²) in [6.07, 6.45) is 4.76. The molecule has 1 aliphatic rings. The molecule has 1 atom stereocenters. The van der Waals surface area contributed by atoms with E-state index in [1.54, 1.807) is 0 Å². The van der Waals surface area contributed by atoms with Crippen molar-refractivity contribution in [3.63, 3.8) is 0 Å². The molecule has 128 valence electrons. The van der Waals surface area contributed by atoms with E-state index in [9.17, 15) is 18.8 Å². The Morgan fingerprint density at radius 1 is 1.25 bits per heavy atom. The number of piperidine rings is 1. The first kappa shape index (κ1) is 17.7. The number of nitrogens with two attached hydrogens (primary N) is 1. The minimum absolute atomic E-state index is 0.370. The lowest BCUT2D eigenvalue weighted by molar-refractivity contribution is -0.151. The Kier molecular flexibility index (Phi) is 6.06. The molecule has 0 aliphatic carbocycles. The fraction of sp³-hybridized carbons (Fsp3) is 0.353. The molecule has 6 nitrogen and oxygen atoms in total. The van der Waals surface area contributed by atoms with Crippen molar-refractivity contribution in [2.75, 3.05) is 13.2 Å². The van der Waals surface area contributed by atoms with Crippen molar-refractivity contribution < 1.29 is 23.5 Å². The second-order valence-corrected chi connectivity index (χ2v) is 5.49. The van der Waals surface area contributed by atoms with Crippen LogP contribution >= 0.6 is 0 Å². The molecule has 2 amide bonds. The molecule has 1 fully saturated rings. The number of rotatable bonds is 5. The van der Waals surface area contributed by atoms with Crippen molar-refractivity contribution in [1.82, 2.24) is 4.90 Å². The van der Waals surface area contributed by atoms with Crippen LogP contribution in [0.2, 0.25) is 0 Å². The van der Waals surface area contributed by atoms with Crippen LogP contribution in [0.4, 0.5) is 4.39 Å². The molecule has 1 saturated heterocycles. The van der Waals surface area contributed by atoms with Gasteiger partial charge in [0, 0.05) is 12.6 Å². The highest BCUT2D eigenvalue weighted by Crippen LogP contribution is 2.17. The molecule has 7 heteroatoms. The van der Waals surface area contributed by atoms with Crippen LogP contribution in [0.3, 0.4) is 0 Å². The molecule has 0 aromatic heterocycles. The van der Waals surface area contributed by atoms with Gasteiger partial charge in [-0.05, 0) is 43.0 Å². The Bertz CT molecular complexity index is 642. The number of nitrogens with zero attached hydrogens (tertiary/aromatic N) is 1. The van der Waals surface area contributed by atoms with Gasteiger partial charge in [-0.2, -0.15) is 0 Å². The van der Waals surface area contributed by atoms with Crippen molar-refractivity contribution in [1.29, 1.82) is 0 Å². The minimum atomic E-state index is -0.694. The lowest BCUT2D eigenvalue weighted by Gasteiger charge is -2.33. The maximum atomic E-state index is 12.8. The van der Waals surface area contributed by atoms with Crippen LogP contribution in [-0.4, -0.2) is 41.9 Å². The van der Waals surface area contributed by atoms with Gasteiger partial charge >= 0.3 is 5.97 Å². The number of hydrogen-bond donors (Lipinski definition) is 1. The summed E-state index contributed by atoms with van der Waals surface area (Å²) in [6, 6.07) is 4.92. The molecular formula is C17H19FN2O4. The Morgan fingerprint density at radius 2 is 1.96 bits per heavy atom. The first-order valence-corrected chi connectivity index (χ1v) is 7.66. The van der Waals surface area contributed by atoms with Gasteiger partial charge in [-0.3, -0.25) is 9.59 Å². The standard InChI is InChI=1S/C17H19FN2O4/c18-13-7-4-12(5-8-13)6-9-16(22)24-11-15(21)20-10-2-1-3-14(20)17(19)23/h4-9,14H,1-3,10-11H2,(H2,19,23)/b9-6+/t14-/m1/s1. The van der Waals surface area contributed by atoms with Gasteiger partial charge in [-0.1, -0.05) is 12.1 Å². The van der Waals surface area contributed by atoms with Crippen LogP contribution in [0, 0.1) is 5.82 Å². The summed E-state index contributed by atoms with van der Waals surface area (Å²) >= 11 is 0. The lowest BCUT2D eigenvalue weighted by atomic mass is 10.0. The Balaban J connectivity index is 1.85. The number of carbonyl (C=O) groups excluding carboxylic acids is 3. The molecule has 2 rings (SSSR count). The Morgan fingerprint density at radius 3 is 2.62 bits per heavy atom. The van der Waals surface area contributed by atoms with Crippen LogP contribution in [0.15, 0.2) is 30.3 Å². The minimum Gasteiger partial charge on any atom is -0.452 e. The van der Waals surface area contributed by atoms with Gasteiger partial charge in [0.2, 0.25) is 5.91 Å². The largest absolute Gasteiger partial charge is 0.452 e. The molecular weight excluding hydrogens is 315 g/mol. The van der Waals surface area contributed by atoms with Crippen molar-refractivity contribution in [2.24, 2.45) is 5.73 Å². The predicted molar refractivity (Wildman–Crippen MR) is 84.9 cm³/mol. The first-order chi connectivity index (χ1) is 11.5. The van der Waals surface area contributed by atoms with Gasteiger partial charge in [-0.25, -0.2) is 9.18 Å². The van der Waals surface area contributed by atoms with E-state index in [1.165, 1.54) is 35.2 Å². The summed E-state index contributed by atoms with van der Waals surface area (Å²) in [7, 11) is 0. The monoisotopic (exact) mass is 334 g/mol. The first-order valence-electron chi connectivity index (χ1n) is 7.66.